The van der Waals surface area contributed by atoms with Gasteiger partial charge in [-0.3, -0.25) is 14.8 Å². The van der Waals surface area contributed by atoms with Crippen molar-refractivity contribution >= 4 is 32.3 Å². The van der Waals surface area contributed by atoms with Crippen LogP contribution in [0.2, 0.25) is 0 Å². The van der Waals surface area contributed by atoms with Crippen molar-refractivity contribution in [2.45, 2.75) is 4.90 Å². The highest BCUT2D eigenvalue weighted by molar-refractivity contribution is 7.93. The summed E-state index contributed by atoms with van der Waals surface area (Å²) in [6.45, 7) is 0. The number of aromatic amines is 1. The molecule has 0 saturated carbocycles. The molecule has 2 N–H and O–H groups in total. The fraction of sp³-hybridized carbons (Fsp3) is 0.0667. The van der Waals surface area contributed by atoms with Crippen LogP contribution in [-0.4, -0.2) is 25.4 Å². The lowest BCUT2D eigenvalue weighted by molar-refractivity contribution is -0.384. The number of methoxy groups -OCH3 is 1. The first-order valence-electron chi connectivity index (χ1n) is 6.83. The van der Waals surface area contributed by atoms with E-state index in [0.717, 1.165) is 0 Å². The second-order valence-corrected chi connectivity index (χ2v) is 6.63. The molecule has 1 heterocycles. The second-order valence-electron chi connectivity index (χ2n) is 4.98. The predicted molar refractivity (Wildman–Crippen MR) is 88.8 cm³/mol. The lowest BCUT2D eigenvalue weighted by Gasteiger charge is -2.08. The number of hydrogen-bond acceptors (Lipinski definition) is 5. The van der Waals surface area contributed by atoms with Crippen molar-refractivity contribution in [2.24, 2.45) is 0 Å². The van der Waals surface area contributed by atoms with E-state index in [-0.39, 0.29) is 16.0 Å². The molecule has 24 heavy (non-hydrogen) atoms. The smallest absolute Gasteiger partial charge is 0.270 e. The number of nitrogens with one attached hydrogen (secondary N) is 2. The molecular formula is C15H13N3O5S. The predicted octanol–water partition coefficient (Wildman–Crippen LogP) is 2.89. The Hall–Kier alpha value is -3.07. The van der Waals surface area contributed by atoms with E-state index < -0.39 is 14.9 Å². The Bertz CT molecular complexity index is 1030. The summed E-state index contributed by atoms with van der Waals surface area (Å²) in [6.07, 6.45) is 1.30. The highest BCUT2D eigenvalue weighted by Crippen LogP contribution is 2.28. The molecule has 8 nitrogen and oxygen atoms in total. The number of hydrogen-bond donors (Lipinski definition) is 2. The lowest BCUT2D eigenvalue weighted by Crippen LogP contribution is -2.12. The molecule has 0 atom stereocenters. The van der Waals surface area contributed by atoms with Crippen LogP contribution < -0.4 is 9.46 Å². The Balaban J connectivity index is 2.04. The van der Waals surface area contributed by atoms with Crippen molar-refractivity contribution in [1.29, 1.82) is 0 Å². The molecule has 0 spiro atoms. The van der Waals surface area contributed by atoms with Crippen LogP contribution in [0.15, 0.2) is 53.6 Å². The molecule has 3 aromatic rings. The monoisotopic (exact) mass is 347 g/mol. The number of non-ortho nitro benzene ring substituents is 1. The van der Waals surface area contributed by atoms with Gasteiger partial charge in [0, 0.05) is 35.3 Å². The van der Waals surface area contributed by atoms with Gasteiger partial charge in [0.2, 0.25) is 0 Å². The number of nitro benzene ring substituents is 1. The summed E-state index contributed by atoms with van der Waals surface area (Å²) in [6, 6.07) is 10.5. The molecule has 0 aliphatic heterocycles. The van der Waals surface area contributed by atoms with E-state index in [1.54, 1.807) is 18.2 Å². The van der Waals surface area contributed by atoms with E-state index >= 15 is 0 Å². The van der Waals surface area contributed by atoms with Gasteiger partial charge in [-0.15, -0.1) is 0 Å². The molecular weight excluding hydrogens is 334 g/mol. The molecule has 0 aliphatic carbocycles. The van der Waals surface area contributed by atoms with Crippen LogP contribution in [-0.2, 0) is 10.0 Å². The van der Waals surface area contributed by atoms with E-state index in [4.69, 9.17) is 4.74 Å². The minimum atomic E-state index is -3.92. The standard InChI is InChI=1S/C15H13N3O5S/c1-23-12-4-2-3-10(7-12)17-24(21,22)15-9-16-14-6-5-11(18(19)20)8-13(14)15/h2-9,16-17H,1H3. The maximum absolute atomic E-state index is 12.6. The summed E-state index contributed by atoms with van der Waals surface area (Å²) in [5.41, 5.74) is 0.640. The van der Waals surface area contributed by atoms with E-state index in [1.165, 1.54) is 37.6 Å². The van der Waals surface area contributed by atoms with Crippen molar-refractivity contribution in [1.82, 2.24) is 4.98 Å². The van der Waals surface area contributed by atoms with Crippen LogP contribution in [0.1, 0.15) is 0 Å². The van der Waals surface area contributed by atoms with Gasteiger partial charge in [0.05, 0.1) is 17.7 Å². The fourth-order valence-corrected chi connectivity index (χ4v) is 3.54. The second kappa shape index (κ2) is 5.85. The number of sulfonamides is 1. The van der Waals surface area contributed by atoms with Gasteiger partial charge in [-0.25, -0.2) is 8.42 Å². The van der Waals surface area contributed by atoms with Gasteiger partial charge in [-0.2, -0.15) is 0 Å². The summed E-state index contributed by atoms with van der Waals surface area (Å²) >= 11 is 0. The Morgan fingerprint density at radius 2 is 2.00 bits per heavy atom. The number of fused-ring (bicyclic) bond motifs is 1. The first kappa shape index (κ1) is 15.8. The maximum atomic E-state index is 12.6. The lowest BCUT2D eigenvalue weighted by atomic mass is 10.2. The first-order chi connectivity index (χ1) is 11.4. The van der Waals surface area contributed by atoms with Crippen LogP contribution >= 0.6 is 0 Å². The van der Waals surface area contributed by atoms with E-state index in [9.17, 15) is 18.5 Å². The molecule has 0 saturated heterocycles. The molecule has 0 unspecified atom stereocenters. The first-order valence-corrected chi connectivity index (χ1v) is 8.31. The van der Waals surface area contributed by atoms with Crippen molar-refractivity contribution in [2.75, 3.05) is 11.8 Å². The highest BCUT2D eigenvalue weighted by Gasteiger charge is 2.21. The topological polar surface area (TPSA) is 114 Å². The van der Waals surface area contributed by atoms with Crippen LogP contribution in [0, 0.1) is 10.1 Å². The third-order valence-corrected chi connectivity index (χ3v) is 4.87. The zero-order valence-electron chi connectivity index (χ0n) is 12.5. The van der Waals surface area contributed by atoms with Crippen molar-refractivity contribution in [3.63, 3.8) is 0 Å². The SMILES string of the molecule is COc1cccc(NS(=O)(=O)c2c[nH]c3ccc([N+](=O)[O-])cc23)c1. The third kappa shape index (κ3) is 2.88. The summed E-state index contributed by atoms with van der Waals surface area (Å²) in [7, 11) is -2.44. The molecule has 0 bridgehead atoms. The quantitative estimate of drug-likeness (QED) is 0.544. The van der Waals surface area contributed by atoms with E-state index in [1.807, 2.05) is 0 Å². The Kier molecular flexibility index (Phi) is 3.86. The summed E-state index contributed by atoms with van der Waals surface area (Å²) in [5.74, 6) is 0.504. The van der Waals surface area contributed by atoms with Crippen molar-refractivity contribution < 1.29 is 18.1 Å². The number of rotatable bonds is 5. The van der Waals surface area contributed by atoms with Gasteiger partial charge in [-0.1, -0.05) is 6.07 Å². The van der Waals surface area contributed by atoms with Crippen LogP contribution in [0.4, 0.5) is 11.4 Å². The molecule has 0 fully saturated rings. The summed E-state index contributed by atoms with van der Waals surface area (Å²) in [5, 5.41) is 11.2. The average molecular weight is 347 g/mol. The van der Waals surface area contributed by atoms with Gasteiger partial charge in [0.15, 0.2) is 0 Å². The normalized spacial score (nSPS) is 11.4. The molecule has 2 aromatic carbocycles. The molecule has 124 valence electrons. The largest absolute Gasteiger partial charge is 0.497 e. The number of nitro groups is 1. The third-order valence-electron chi connectivity index (χ3n) is 3.45. The zero-order valence-corrected chi connectivity index (χ0v) is 13.3. The highest BCUT2D eigenvalue weighted by atomic mass is 32.2. The molecule has 0 radical (unpaired) electrons. The van der Waals surface area contributed by atoms with Gasteiger partial charge in [-0.05, 0) is 18.2 Å². The Morgan fingerprint density at radius 3 is 2.71 bits per heavy atom. The number of H-pyrrole nitrogens is 1. The van der Waals surface area contributed by atoms with E-state index in [0.29, 0.717) is 17.0 Å². The maximum Gasteiger partial charge on any atom is 0.270 e. The molecule has 3 rings (SSSR count). The Morgan fingerprint density at radius 1 is 1.21 bits per heavy atom. The number of nitrogens with zero attached hydrogens (tertiary/aromatic N) is 1. The molecule has 0 amide bonds. The number of benzene rings is 2. The minimum Gasteiger partial charge on any atom is -0.497 e. The van der Waals surface area contributed by atoms with Gasteiger partial charge in [0.25, 0.3) is 15.7 Å². The molecule has 1 aromatic heterocycles. The number of anilines is 1. The van der Waals surface area contributed by atoms with Crippen LogP contribution in [0.25, 0.3) is 10.9 Å². The fourth-order valence-electron chi connectivity index (χ4n) is 2.32. The van der Waals surface area contributed by atoms with Gasteiger partial charge >= 0.3 is 0 Å². The zero-order chi connectivity index (χ0) is 17.3. The number of ether oxygens (including phenoxy) is 1. The van der Waals surface area contributed by atoms with E-state index in [2.05, 4.69) is 9.71 Å². The summed E-state index contributed by atoms with van der Waals surface area (Å²) in [4.78, 5) is 13.1. The minimum absolute atomic E-state index is 0.0657. The number of aromatic nitrogens is 1. The van der Waals surface area contributed by atoms with Gasteiger partial charge in [0.1, 0.15) is 10.6 Å². The summed E-state index contributed by atoms with van der Waals surface area (Å²) < 4.78 is 32.7. The average Bonchev–Trinajstić information content (AvgIpc) is 2.98. The molecule has 0 aliphatic rings. The van der Waals surface area contributed by atoms with Crippen LogP contribution in [0.5, 0.6) is 5.75 Å². The van der Waals surface area contributed by atoms with Crippen LogP contribution in [0.3, 0.4) is 0 Å². The molecule has 9 heteroatoms. The van der Waals surface area contributed by atoms with Crippen molar-refractivity contribution in [3.05, 3.63) is 58.8 Å². The Labute approximate surface area is 137 Å². The van der Waals surface area contributed by atoms with Crippen molar-refractivity contribution in [3.8, 4) is 5.75 Å². The van der Waals surface area contributed by atoms with Gasteiger partial charge < -0.3 is 9.72 Å².